The first-order valence-electron chi connectivity index (χ1n) is 10.6. The molecule has 0 unspecified atom stereocenters. The minimum Gasteiger partial charge on any atom is -0.508 e. The third-order valence-electron chi connectivity index (χ3n) is 6.67. The molecule has 0 saturated heterocycles. The van der Waals surface area contributed by atoms with Crippen LogP contribution in [0.2, 0.25) is 0 Å². The molecule has 7 nitrogen and oxygen atoms in total. The van der Waals surface area contributed by atoms with E-state index in [4.69, 9.17) is 0 Å². The number of rotatable bonds is 1. The maximum Gasteiger partial charge on any atom is 0.201 e. The van der Waals surface area contributed by atoms with Gasteiger partial charge >= 0.3 is 0 Å². The molecule has 34 heavy (non-hydrogen) atoms. The van der Waals surface area contributed by atoms with E-state index in [9.17, 15) is 35.4 Å². The van der Waals surface area contributed by atoms with E-state index in [2.05, 4.69) is 0 Å². The van der Waals surface area contributed by atoms with Crippen LogP contribution in [0, 0.1) is 6.92 Å². The molecule has 0 fully saturated rings. The number of carbonyl (C=O) groups excluding carboxylic acids is 1. The van der Waals surface area contributed by atoms with Crippen molar-refractivity contribution < 1.29 is 35.4 Å². The molecule has 0 bridgehead atoms. The summed E-state index contributed by atoms with van der Waals surface area (Å²) in [6.07, 6.45) is 0. The van der Waals surface area contributed by atoms with Crippen LogP contribution in [-0.4, -0.2) is 36.4 Å². The Morgan fingerprint density at radius 1 is 0.647 bits per heavy atom. The largest absolute Gasteiger partial charge is 0.508 e. The molecule has 0 heterocycles. The van der Waals surface area contributed by atoms with E-state index in [1.165, 1.54) is 24.3 Å². The first-order chi connectivity index (χ1) is 15.9. The zero-order valence-corrected chi connectivity index (χ0v) is 18.6. The van der Waals surface area contributed by atoms with Crippen molar-refractivity contribution in [2.45, 2.75) is 26.2 Å². The summed E-state index contributed by atoms with van der Waals surface area (Å²) >= 11 is 0. The van der Waals surface area contributed by atoms with E-state index in [1.807, 2.05) is 0 Å². The predicted molar refractivity (Wildman–Crippen MR) is 126 cm³/mol. The Hall–Kier alpha value is -4.39. The summed E-state index contributed by atoms with van der Waals surface area (Å²) in [5, 5.41) is 63.5. The first kappa shape index (κ1) is 21.5. The van der Waals surface area contributed by atoms with Crippen LogP contribution in [0.4, 0.5) is 0 Å². The second kappa shape index (κ2) is 6.81. The molecule has 7 heteroatoms. The Balaban J connectivity index is 1.93. The maximum atomic E-state index is 13.6. The van der Waals surface area contributed by atoms with Gasteiger partial charge in [0.2, 0.25) is 5.78 Å². The third-order valence-corrected chi connectivity index (χ3v) is 6.67. The average Bonchev–Trinajstić information content (AvgIpc) is 2.70. The lowest BCUT2D eigenvalue weighted by atomic mass is 9.67. The van der Waals surface area contributed by atoms with Gasteiger partial charge in [0.05, 0.1) is 11.1 Å². The van der Waals surface area contributed by atoms with Crippen molar-refractivity contribution in [2.75, 3.05) is 0 Å². The lowest BCUT2D eigenvalue weighted by Gasteiger charge is -2.35. The van der Waals surface area contributed by atoms with E-state index in [1.54, 1.807) is 26.8 Å². The Labute approximate surface area is 194 Å². The molecular weight excluding hydrogens is 436 g/mol. The van der Waals surface area contributed by atoms with Crippen LogP contribution in [-0.2, 0) is 5.41 Å². The summed E-state index contributed by atoms with van der Waals surface area (Å²) in [4.78, 5) is 13.6. The SMILES string of the molecule is Cc1cc(O)cc(O)c1-c1cc(O)cc2cc3c(c(O)c12)C(=O)c1c(O)cc(O)cc1C3(C)C. The molecule has 1 aliphatic carbocycles. The lowest BCUT2D eigenvalue weighted by molar-refractivity contribution is 0.102. The summed E-state index contributed by atoms with van der Waals surface area (Å²) in [5.74, 6) is -2.06. The Morgan fingerprint density at radius 2 is 1.21 bits per heavy atom. The number of hydrogen-bond acceptors (Lipinski definition) is 7. The van der Waals surface area contributed by atoms with Gasteiger partial charge in [-0.3, -0.25) is 4.79 Å². The van der Waals surface area contributed by atoms with Crippen LogP contribution < -0.4 is 0 Å². The minimum atomic E-state index is -0.886. The number of ketones is 1. The summed E-state index contributed by atoms with van der Waals surface area (Å²) in [5.41, 5.74) is 1.02. The number of carbonyl (C=O) groups is 1. The van der Waals surface area contributed by atoms with Crippen molar-refractivity contribution in [3.05, 3.63) is 70.3 Å². The second-order valence-electron chi connectivity index (χ2n) is 9.24. The number of benzene rings is 4. The highest BCUT2D eigenvalue weighted by Crippen LogP contribution is 2.52. The van der Waals surface area contributed by atoms with Gasteiger partial charge in [0.25, 0.3) is 0 Å². The van der Waals surface area contributed by atoms with Crippen molar-refractivity contribution in [1.29, 1.82) is 0 Å². The van der Waals surface area contributed by atoms with Crippen LogP contribution in [0.5, 0.6) is 34.5 Å². The molecule has 0 saturated carbocycles. The number of aryl methyl sites for hydroxylation is 1. The molecule has 4 aromatic rings. The molecular formula is C27H22O7. The monoisotopic (exact) mass is 458 g/mol. The highest BCUT2D eigenvalue weighted by molar-refractivity contribution is 6.20. The first-order valence-corrected chi connectivity index (χ1v) is 10.6. The minimum absolute atomic E-state index is 0.00561. The second-order valence-corrected chi connectivity index (χ2v) is 9.24. The van der Waals surface area contributed by atoms with Crippen molar-refractivity contribution in [2.24, 2.45) is 0 Å². The van der Waals surface area contributed by atoms with Gasteiger partial charge in [-0.25, -0.2) is 0 Å². The van der Waals surface area contributed by atoms with E-state index in [-0.39, 0.29) is 56.4 Å². The predicted octanol–water partition coefficient (Wildman–Crippen LogP) is 4.92. The van der Waals surface area contributed by atoms with Gasteiger partial charge in [0.1, 0.15) is 34.5 Å². The standard InChI is InChI=1S/C27H22O7/c1-11-4-13(28)9-19(31)21(11)16-7-14(29)5-12-6-17-24(25(33)22(12)16)26(34)23-18(27(17,2)3)8-15(30)10-20(23)32/h4-10,28-33H,1-3H3. The Bertz CT molecular complexity index is 1540. The smallest absolute Gasteiger partial charge is 0.201 e. The highest BCUT2D eigenvalue weighted by Gasteiger charge is 2.41. The number of aromatic hydroxyl groups is 6. The van der Waals surface area contributed by atoms with Crippen LogP contribution in [0.25, 0.3) is 21.9 Å². The summed E-state index contributed by atoms with van der Waals surface area (Å²) in [6, 6.07) is 9.59. The van der Waals surface area contributed by atoms with Crippen LogP contribution in [0.1, 0.15) is 46.5 Å². The Morgan fingerprint density at radius 3 is 1.85 bits per heavy atom. The zero-order valence-electron chi connectivity index (χ0n) is 18.6. The van der Waals surface area contributed by atoms with Gasteiger partial charge in [0, 0.05) is 34.1 Å². The molecule has 0 atom stereocenters. The van der Waals surface area contributed by atoms with Gasteiger partial charge in [-0.15, -0.1) is 0 Å². The van der Waals surface area contributed by atoms with Gasteiger partial charge < -0.3 is 30.6 Å². The van der Waals surface area contributed by atoms with Crippen LogP contribution >= 0.6 is 0 Å². The highest BCUT2D eigenvalue weighted by atomic mass is 16.3. The van der Waals surface area contributed by atoms with Crippen LogP contribution in [0.15, 0.2) is 42.5 Å². The number of phenols is 6. The maximum absolute atomic E-state index is 13.6. The van der Waals surface area contributed by atoms with E-state index < -0.39 is 16.9 Å². The summed E-state index contributed by atoms with van der Waals surface area (Å²) in [7, 11) is 0. The van der Waals surface area contributed by atoms with Gasteiger partial charge in [-0.2, -0.15) is 0 Å². The molecule has 0 amide bonds. The van der Waals surface area contributed by atoms with Crippen LogP contribution in [0.3, 0.4) is 0 Å². The zero-order chi connectivity index (χ0) is 24.7. The fraction of sp³-hybridized carbons (Fsp3) is 0.148. The average molecular weight is 458 g/mol. The molecule has 5 rings (SSSR count). The molecule has 6 N–H and O–H groups in total. The molecule has 4 aromatic carbocycles. The molecule has 0 aliphatic heterocycles. The van der Waals surface area contributed by atoms with Gasteiger partial charge in [0.15, 0.2) is 0 Å². The summed E-state index contributed by atoms with van der Waals surface area (Å²) in [6.45, 7) is 5.27. The summed E-state index contributed by atoms with van der Waals surface area (Å²) < 4.78 is 0. The number of fused-ring (bicyclic) bond motifs is 3. The van der Waals surface area contributed by atoms with Crippen molar-refractivity contribution in [3.8, 4) is 45.6 Å². The molecule has 172 valence electrons. The molecule has 1 aliphatic rings. The quantitative estimate of drug-likeness (QED) is 0.238. The van der Waals surface area contributed by atoms with Gasteiger partial charge in [-0.05, 0) is 59.3 Å². The van der Waals surface area contributed by atoms with E-state index in [0.717, 1.165) is 12.1 Å². The fourth-order valence-electron chi connectivity index (χ4n) is 5.14. The molecule has 0 aromatic heterocycles. The lowest BCUT2D eigenvalue weighted by Crippen LogP contribution is -2.30. The topological polar surface area (TPSA) is 138 Å². The van der Waals surface area contributed by atoms with E-state index >= 15 is 0 Å². The Kier molecular flexibility index (Phi) is 4.29. The van der Waals surface area contributed by atoms with Crippen molar-refractivity contribution >= 4 is 16.6 Å². The molecule has 0 radical (unpaired) electrons. The number of hydrogen-bond donors (Lipinski definition) is 6. The number of phenolic OH excluding ortho intramolecular Hbond substituents is 6. The molecule has 0 spiro atoms. The van der Waals surface area contributed by atoms with Gasteiger partial charge in [-0.1, -0.05) is 13.8 Å². The van der Waals surface area contributed by atoms with E-state index in [0.29, 0.717) is 22.1 Å². The van der Waals surface area contributed by atoms with Crippen molar-refractivity contribution in [3.63, 3.8) is 0 Å². The third kappa shape index (κ3) is 2.80. The normalized spacial score (nSPS) is 14.1. The van der Waals surface area contributed by atoms with Crippen molar-refractivity contribution in [1.82, 2.24) is 0 Å². The fourth-order valence-corrected chi connectivity index (χ4v) is 5.14.